The number of rotatable bonds is 5. The van der Waals surface area contributed by atoms with E-state index >= 15 is 0 Å². The monoisotopic (exact) mass is 729 g/mol. The first-order valence-corrected chi connectivity index (χ1v) is 19.2. The summed E-state index contributed by atoms with van der Waals surface area (Å²) < 4.78 is 16.0. The molecule has 0 radical (unpaired) electrons. The summed E-state index contributed by atoms with van der Waals surface area (Å²) in [5, 5.41) is 6.57. The van der Waals surface area contributed by atoms with Crippen LogP contribution in [-0.4, -0.2) is 14.5 Å². The second-order valence-corrected chi connectivity index (χ2v) is 14.5. The number of furan rings is 2. The number of aromatic nitrogens is 3. The molecule has 8 aromatic carbocycles. The van der Waals surface area contributed by atoms with E-state index in [0.717, 1.165) is 111 Å². The van der Waals surface area contributed by atoms with Crippen molar-refractivity contribution in [2.45, 2.75) is 0 Å². The van der Waals surface area contributed by atoms with Gasteiger partial charge in [0.05, 0.1) is 27.8 Å². The lowest BCUT2D eigenvalue weighted by Gasteiger charge is -2.09. The first-order valence-electron chi connectivity index (χ1n) is 19.2. The normalized spacial score (nSPS) is 11.9. The highest BCUT2D eigenvalue weighted by atomic mass is 16.3. The molecule has 266 valence electrons. The van der Waals surface area contributed by atoms with Crippen LogP contribution in [0.2, 0.25) is 0 Å². The van der Waals surface area contributed by atoms with Gasteiger partial charge in [-0.1, -0.05) is 140 Å². The predicted octanol–water partition coefficient (Wildman–Crippen LogP) is 14.0. The molecule has 5 heteroatoms. The number of nitrogens with zero attached hydrogens (tertiary/aromatic N) is 3. The van der Waals surface area contributed by atoms with Gasteiger partial charge in [0.1, 0.15) is 22.3 Å². The zero-order valence-electron chi connectivity index (χ0n) is 30.6. The largest absolute Gasteiger partial charge is 0.455 e. The van der Waals surface area contributed by atoms with Gasteiger partial charge >= 0.3 is 0 Å². The van der Waals surface area contributed by atoms with Crippen molar-refractivity contribution >= 4 is 65.7 Å². The Bertz CT molecular complexity index is 3450. The van der Waals surface area contributed by atoms with E-state index in [9.17, 15) is 0 Å². The molecule has 57 heavy (non-hydrogen) atoms. The molecule has 4 aromatic heterocycles. The lowest BCUT2D eigenvalue weighted by molar-refractivity contribution is 0.671. The van der Waals surface area contributed by atoms with Gasteiger partial charge in [0.2, 0.25) is 0 Å². The van der Waals surface area contributed by atoms with E-state index < -0.39 is 0 Å². The summed E-state index contributed by atoms with van der Waals surface area (Å²) in [5.74, 6) is 0.669. The number of hydrogen-bond acceptors (Lipinski definition) is 4. The van der Waals surface area contributed by atoms with E-state index in [0.29, 0.717) is 5.82 Å². The third-order valence-electron chi connectivity index (χ3n) is 11.2. The van der Waals surface area contributed by atoms with E-state index in [-0.39, 0.29) is 0 Å². The van der Waals surface area contributed by atoms with Crippen LogP contribution >= 0.6 is 0 Å². The highest BCUT2D eigenvalue weighted by Crippen LogP contribution is 2.44. The minimum Gasteiger partial charge on any atom is -0.455 e. The van der Waals surface area contributed by atoms with Gasteiger partial charge in [-0.25, -0.2) is 9.97 Å². The van der Waals surface area contributed by atoms with Crippen molar-refractivity contribution in [3.63, 3.8) is 0 Å². The summed E-state index contributed by atoms with van der Waals surface area (Å²) in [5.41, 5.74) is 13.4. The Kier molecular flexibility index (Phi) is 6.86. The Balaban J connectivity index is 1.08. The molecule has 0 atom stereocenters. The van der Waals surface area contributed by atoms with Crippen LogP contribution in [-0.2, 0) is 0 Å². The fourth-order valence-electron chi connectivity index (χ4n) is 8.61. The third-order valence-corrected chi connectivity index (χ3v) is 11.2. The molecular weight excluding hydrogens is 699 g/mol. The van der Waals surface area contributed by atoms with Crippen molar-refractivity contribution in [1.82, 2.24) is 14.5 Å². The van der Waals surface area contributed by atoms with Crippen molar-refractivity contribution < 1.29 is 8.83 Å². The van der Waals surface area contributed by atoms with Crippen LogP contribution in [0, 0.1) is 0 Å². The van der Waals surface area contributed by atoms with Crippen molar-refractivity contribution in [2.24, 2.45) is 0 Å². The molecule has 0 aliphatic carbocycles. The average molecular weight is 730 g/mol. The summed E-state index contributed by atoms with van der Waals surface area (Å²) in [4.78, 5) is 10.2. The molecule has 0 saturated heterocycles. The molecule has 4 heterocycles. The molecule has 0 fully saturated rings. The van der Waals surface area contributed by atoms with Crippen LogP contribution in [0.1, 0.15) is 0 Å². The number of para-hydroxylation sites is 4. The highest BCUT2D eigenvalue weighted by molar-refractivity contribution is 6.24. The zero-order valence-corrected chi connectivity index (χ0v) is 30.6. The van der Waals surface area contributed by atoms with E-state index in [1.54, 1.807) is 0 Å². The van der Waals surface area contributed by atoms with E-state index in [4.69, 9.17) is 18.8 Å². The van der Waals surface area contributed by atoms with Crippen molar-refractivity contribution in [2.75, 3.05) is 0 Å². The first-order chi connectivity index (χ1) is 28.3. The van der Waals surface area contributed by atoms with Gasteiger partial charge in [-0.15, -0.1) is 0 Å². The SMILES string of the molecule is c1ccc(-c2cc(-c3cccc4c3oc3c(-c5ccc6c7c8oc9ccccc9c8ccc7n(-c7ccccc7)c6c5)cccc34)nc(-c3ccccc3)n2)cc1. The Morgan fingerprint density at radius 2 is 0.982 bits per heavy atom. The Hall–Kier alpha value is -7.76. The standard InChI is InChI=1S/C52H31N3O2/c1-4-14-32(15-5-1)43-31-44(54-52(53-43)33-16-6-2-7-17-33)41-24-13-23-39-38-22-12-21-36(49(38)57-50(39)41)34-26-27-42-46(30-34)55(35-18-8-3-9-19-35)45-29-28-40-37-20-10-11-25-47(37)56-51(40)48(42)45/h1-31H. The quantitative estimate of drug-likeness (QED) is 0.177. The average Bonchev–Trinajstić information content (AvgIpc) is 3.96. The minimum absolute atomic E-state index is 0.669. The molecule has 0 amide bonds. The van der Waals surface area contributed by atoms with E-state index in [1.165, 1.54) is 0 Å². The molecule has 12 aromatic rings. The Labute approximate surface area is 326 Å². The molecule has 5 nitrogen and oxygen atoms in total. The second kappa shape index (κ2) is 12.4. The second-order valence-electron chi connectivity index (χ2n) is 14.5. The van der Waals surface area contributed by atoms with Crippen LogP contribution in [0.3, 0.4) is 0 Å². The first kappa shape index (κ1) is 31.6. The summed E-state index contributed by atoms with van der Waals surface area (Å²) in [6, 6.07) is 65.3. The maximum Gasteiger partial charge on any atom is 0.160 e. The topological polar surface area (TPSA) is 57.0 Å². The number of benzene rings is 8. The van der Waals surface area contributed by atoms with Gasteiger partial charge in [0, 0.05) is 54.9 Å². The van der Waals surface area contributed by atoms with Crippen LogP contribution in [0.4, 0.5) is 0 Å². The maximum atomic E-state index is 7.01. The van der Waals surface area contributed by atoms with Crippen LogP contribution < -0.4 is 0 Å². The molecule has 0 spiro atoms. The van der Waals surface area contributed by atoms with Crippen LogP contribution in [0.15, 0.2) is 197 Å². The van der Waals surface area contributed by atoms with E-state index in [2.05, 4.69) is 144 Å². The summed E-state index contributed by atoms with van der Waals surface area (Å²) in [6.45, 7) is 0. The number of hydrogen-bond donors (Lipinski definition) is 0. The van der Waals surface area contributed by atoms with Gasteiger partial charge < -0.3 is 13.4 Å². The van der Waals surface area contributed by atoms with Gasteiger partial charge in [-0.05, 0) is 54.1 Å². The fraction of sp³-hybridized carbons (Fsp3) is 0. The highest BCUT2D eigenvalue weighted by Gasteiger charge is 2.22. The molecule has 0 aliphatic heterocycles. The Morgan fingerprint density at radius 3 is 1.77 bits per heavy atom. The smallest absolute Gasteiger partial charge is 0.160 e. The molecule has 0 saturated carbocycles. The van der Waals surface area contributed by atoms with Crippen LogP contribution in [0.25, 0.3) is 116 Å². The van der Waals surface area contributed by atoms with Gasteiger partial charge in [0.25, 0.3) is 0 Å². The van der Waals surface area contributed by atoms with Crippen molar-refractivity contribution in [3.8, 4) is 50.7 Å². The number of fused-ring (bicyclic) bond motifs is 10. The zero-order chi connectivity index (χ0) is 37.5. The predicted molar refractivity (Wildman–Crippen MR) is 233 cm³/mol. The lowest BCUT2D eigenvalue weighted by Crippen LogP contribution is -1.96. The fourth-order valence-corrected chi connectivity index (χ4v) is 8.61. The maximum absolute atomic E-state index is 7.01. The molecule has 12 rings (SSSR count). The molecule has 0 bridgehead atoms. The van der Waals surface area contributed by atoms with E-state index in [1.807, 2.05) is 48.5 Å². The lowest BCUT2D eigenvalue weighted by atomic mass is 9.99. The summed E-state index contributed by atoms with van der Waals surface area (Å²) in [7, 11) is 0. The Morgan fingerprint density at radius 1 is 0.368 bits per heavy atom. The minimum atomic E-state index is 0.669. The van der Waals surface area contributed by atoms with Gasteiger partial charge in [0.15, 0.2) is 5.82 Å². The summed E-state index contributed by atoms with van der Waals surface area (Å²) in [6.07, 6.45) is 0. The molecule has 0 aliphatic rings. The molecule has 0 unspecified atom stereocenters. The van der Waals surface area contributed by atoms with Crippen molar-refractivity contribution in [3.05, 3.63) is 188 Å². The van der Waals surface area contributed by atoms with Crippen LogP contribution in [0.5, 0.6) is 0 Å². The van der Waals surface area contributed by atoms with Crippen molar-refractivity contribution in [1.29, 1.82) is 0 Å². The molecular formula is C52H31N3O2. The van der Waals surface area contributed by atoms with Gasteiger partial charge in [-0.2, -0.15) is 0 Å². The van der Waals surface area contributed by atoms with Gasteiger partial charge in [-0.3, -0.25) is 0 Å². The summed E-state index contributed by atoms with van der Waals surface area (Å²) >= 11 is 0. The molecule has 0 N–H and O–H groups in total. The third kappa shape index (κ3) is 4.89.